The number of rotatable bonds is 11. The van der Waals surface area contributed by atoms with Crippen molar-refractivity contribution < 1.29 is 152 Å². The minimum atomic E-state index is -2.97. The Kier molecular flexibility index (Phi) is 23.1. The minimum Gasteiger partial charge on any atom is -1.00 e. The Morgan fingerprint density at radius 3 is 0.875 bits per heavy atom. The predicted molar refractivity (Wildman–Crippen MR) is 83.8 cm³/mol. The van der Waals surface area contributed by atoms with Crippen molar-refractivity contribution in [3.63, 3.8) is 0 Å². The van der Waals surface area contributed by atoms with Gasteiger partial charge in [-0.05, 0) is 0 Å². The number of carbonyl (C=O) groups excluding carboxylic acids is 2. The third-order valence-electron chi connectivity index (χ3n) is 2.83. The number of carboxylic acids is 4. The average Bonchev–Trinajstić information content (AvgIpc) is 2.60. The Morgan fingerprint density at radius 2 is 0.719 bits per heavy atom. The molecule has 0 radical (unpaired) electrons. The first-order valence-electron chi connectivity index (χ1n) is 6.76. The van der Waals surface area contributed by atoms with E-state index in [0.29, 0.717) is 0 Å². The molecule has 0 aliphatic rings. The van der Waals surface area contributed by atoms with Crippen molar-refractivity contribution in [2.24, 2.45) is 0 Å². The van der Waals surface area contributed by atoms with Crippen LogP contribution in [-0.2, 0) is 38.2 Å². The summed E-state index contributed by atoms with van der Waals surface area (Å²) in [5.74, 6) is -12.9. The second kappa shape index (κ2) is 18.1. The maximum Gasteiger partial charge on any atom is 1.00 e. The summed E-state index contributed by atoms with van der Waals surface area (Å²) >= 11 is 0. The molecule has 0 spiro atoms. The van der Waals surface area contributed by atoms with E-state index in [1.54, 1.807) is 0 Å². The van der Waals surface area contributed by atoms with E-state index in [4.69, 9.17) is 30.6 Å². The Balaban J connectivity index is -0.000000243. The van der Waals surface area contributed by atoms with Gasteiger partial charge in [0.2, 0.25) is 12.2 Å². The van der Waals surface area contributed by atoms with E-state index in [1.165, 1.54) is 0 Å². The van der Waals surface area contributed by atoms with Gasteiger partial charge in [0, 0.05) is 0 Å². The third kappa shape index (κ3) is 12.0. The molecule has 0 aromatic carbocycles. The molecule has 6 unspecified atom stereocenters. The first kappa shape index (κ1) is 40.9. The summed E-state index contributed by atoms with van der Waals surface area (Å²) in [5, 5.41) is 71.4. The maximum atomic E-state index is 11.5. The molecule has 0 rings (SSSR count). The van der Waals surface area contributed by atoms with Crippen LogP contribution in [0.3, 0.4) is 0 Å². The Bertz CT molecular complexity index is 621. The van der Waals surface area contributed by atoms with E-state index in [9.17, 15) is 39.0 Å². The van der Waals surface area contributed by atoms with Gasteiger partial charge in [-0.1, -0.05) is 0 Å². The molecule has 0 aromatic heterocycles. The summed E-state index contributed by atoms with van der Waals surface area (Å²) in [6.45, 7) is 0. The number of aliphatic hydroxyl groups excluding tert-OH is 4. The van der Waals surface area contributed by atoms with Gasteiger partial charge in [-0.15, -0.1) is 0 Å². The van der Waals surface area contributed by atoms with Crippen molar-refractivity contribution in [3.05, 3.63) is 0 Å². The molecule has 0 aliphatic carbocycles. The summed E-state index contributed by atoms with van der Waals surface area (Å²) in [5.41, 5.74) is 0. The van der Waals surface area contributed by atoms with Gasteiger partial charge in [0.05, 0.1) is 0 Å². The van der Waals surface area contributed by atoms with Crippen molar-refractivity contribution in [3.8, 4) is 0 Å². The van der Waals surface area contributed by atoms with Crippen LogP contribution in [0.25, 0.3) is 0 Å². The zero-order valence-electron chi connectivity index (χ0n) is 18.3. The van der Waals surface area contributed by atoms with Crippen LogP contribution in [0.1, 0.15) is 2.85 Å². The fourth-order valence-electron chi connectivity index (χ4n) is 1.41. The molecule has 0 fully saturated rings. The molecule has 0 saturated carbocycles. The number of hydrogen-bond donors (Lipinski definition) is 8. The van der Waals surface area contributed by atoms with Crippen molar-refractivity contribution in [2.75, 3.05) is 0 Å². The summed E-state index contributed by atoms with van der Waals surface area (Å²) in [4.78, 5) is 65.7. The molecule has 0 amide bonds. The zero-order chi connectivity index (χ0) is 22.3. The predicted octanol–water partition coefficient (Wildman–Crippen LogP) is -12.8. The van der Waals surface area contributed by atoms with Gasteiger partial charge in [0.15, 0.2) is 24.4 Å². The molecule has 0 bridgehead atoms. The number of carbonyl (C=O) groups is 6. The van der Waals surface area contributed by atoms with Crippen LogP contribution in [-0.4, -0.2) is 124 Å². The van der Waals surface area contributed by atoms with Crippen molar-refractivity contribution in [1.29, 1.82) is 0 Å². The Hall–Kier alpha value is -1.42. The Morgan fingerprint density at radius 1 is 0.500 bits per heavy atom. The van der Waals surface area contributed by atoms with Crippen molar-refractivity contribution in [1.82, 2.24) is 0 Å². The van der Waals surface area contributed by atoms with Gasteiger partial charge < -0.3 is 64.1 Å². The van der Waals surface area contributed by atoms with Crippen molar-refractivity contribution in [2.45, 2.75) is 36.6 Å². The van der Waals surface area contributed by atoms with Crippen LogP contribution in [0, 0.1) is 0 Å². The second-order valence-corrected chi connectivity index (χ2v) is 4.85. The van der Waals surface area contributed by atoms with Gasteiger partial charge in [0.1, 0.15) is 0 Å². The molecule has 178 valence electrons. The first-order valence-corrected chi connectivity index (χ1v) is 6.76. The van der Waals surface area contributed by atoms with Crippen LogP contribution in [0.5, 0.6) is 0 Å². The first-order chi connectivity index (χ1) is 12.7. The summed E-state index contributed by atoms with van der Waals surface area (Å²) in [6.07, 6.45) is -17.0. The summed E-state index contributed by atoms with van der Waals surface area (Å²) < 4.78 is 7.92. The van der Waals surface area contributed by atoms with E-state index in [0.717, 1.165) is 0 Å². The molecule has 6 atom stereocenters. The zero-order valence-corrected chi connectivity index (χ0v) is 20.3. The van der Waals surface area contributed by atoms with Gasteiger partial charge in [0.25, 0.3) is 0 Å². The number of ether oxygens (including phenoxy) is 2. The fraction of sp³-hybridized carbons (Fsp3) is 0.500. The molecule has 0 heterocycles. The van der Waals surface area contributed by atoms with Crippen LogP contribution in [0.15, 0.2) is 0 Å². The number of hydrogen-bond acceptors (Lipinski definition) is 12. The van der Waals surface area contributed by atoms with Crippen LogP contribution >= 0.6 is 0 Å². The van der Waals surface area contributed by atoms with Crippen LogP contribution in [0.2, 0.25) is 0 Å². The summed E-state index contributed by atoms with van der Waals surface area (Å²) in [7, 11) is 0. The standard InChI is InChI=1S/C12H14O16.2Na.2H2O.2H/c13-1(11(25)27-5(9(21)22)3(15)7(17)18)2(14)12(26)28-6(10(23)24)4(16)8(19)20;;;;;;/h1-6,13-16H,(H,17,18)(H,19,20)(H,21,22)(H,23,24);;;2*1H2;;/q;2*+1;;;2*-1. The molecule has 0 aromatic rings. The van der Waals surface area contributed by atoms with Crippen molar-refractivity contribution >= 4 is 35.8 Å². The topological polar surface area (TPSA) is 346 Å². The van der Waals surface area contributed by atoms with E-state index in [2.05, 4.69) is 9.47 Å². The number of aliphatic hydroxyl groups is 4. The molecule has 20 heteroatoms. The maximum absolute atomic E-state index is 11.5. The van der Waals surface area contributed by atoms with Gasteiger partial charge in [-0.25, -0.2) is 28.8 Å². The molecular weight excluding hydrogens is 478 g/mol. The van der Waals surface area contributed by atoms with E-state index < -0.39 is 72.4 Å². The number of esters is 2. The molecule has 18 nitrogen and oxygen atoms in total. The third-order valence-corrected chi connectivity index (χ3v) is 2.83. The molecular formula is C12H20Na2O18. The second-order valence-electron chi connectivity index (χ2n) is 4.85. The number of carboxylic acid groups (broad SMARTS) is 4. The number of aliphatic carboxylic acids is 4. The summed E-state index contributed by atoms with van der Waals surface area (Å²) in [6, 6.07) is 0. The molecule has 0 saturated heterocycles. The SMILES string of the molecule is O.O.O=C(OC(C(=O)O)C(O)C(=O)O)C(O)C(O)C(=O)OC(C(=O)O)C(O)C(=O)O.[H-].[H-].[Na+].[Na+]. The van der Waals surface area contributed by atoms with Gasteiger partial charge in [-0.3, -0.25) is 0 Å². The van der Waals surface area contributed by atoms with Gasteiger partial charge >= 0.3 is 94.9 Å². The van der Waals surface area contributed by atoms with E-state index >= 15 is 0 Å². The quantitative estimate of drug-likeness (QED) is 0.0967. The normalized spacial score (nSPS) is 15.0. The monoisotopic (exact) mass is 498 g/mol. The van der Waals surface area contributed by atoms with E-state index in [1.807, 2.05) is 0 Å². The van der Waals surface area contributed by atoms with Crippen LogP contribution in [0.4, 0.5) is 0 Å². The Labute approximate surface area is 223 Å². The largest absolute Gasteiger partial charge is 1.00 e. The van der Waals surface area contributed by atoms with Gasteiger partial charge in [-0.2, -0.15) is 0 Å². The average molecular weight is 498 g/mol. The van der Waals surface area contributed by atoms with E-state index in [-0.39, 0.29) is 72.9 Å². The molecule has 32 heavy (non-hydrogen) atoms. The smallest absolute Gasteiger partial charge is 1.00 e. The fourth-order valence-corrected chi connectivity index (χ4v) is 1.41. The van der Waals surface area contributed by atoms with Crippen LogP contribution < -0.4 is 59.1 Å². The molecule has 0 aliphatic heterocycles. The minimum absolute atomic E-state index is 0. The molecule has 12 N–H and O–H groups in total.